The summed E-state index contributed by atoms with van der Waals surface area (Å²) < 4.78 is 0. The number of carbonyl (C=O) groups is 1. The minimum atomic E-state index is 0.0506. The van der Waals surface area contributed by atoms with E-state index < -0.39 is 0 Å². The molecule has 116 valence electrons. The van der Waals surface area contributed by atoms with E-state index in [-0.39, 0.29) is 5.91 Å². The maximum absolute atomic E-state index is 12.3. The standard InChI is InChI=1S/C17H27N3O/c1-4-9-20-10-7-15(8-11-20)19-17(21)14-5-6-16(18-3)13(2)12-14/h5-6,12,15,18H,4,7-11H2,1-3H3,(H,19,21). The maximum atomic E-state index is 12.3. The van der Waals surface area contributed by atoms with Gasteiger partial charge < -0.3 is 15.5 Å². The van der Waals surface area contributed by atoms with Crippen LogP contribution in [-0.4, -0.2) is 43.5 Å². The summed E-state index contributed by atoms with van der Waals surface area (Å²) in [5.41, 5.74) is 2.92. The summed E-state index contributed by atoms with van der Waals surface area (Å²) >= 11 is 0. The Morgan fingerprint density at radius 1 is 1.33 bits per heavy atom. The van der Waals surface area contributed by atoms with E-state index in [2.05, 4.69) is 22.5 Å². The van der Waals surface area contributed by atoms with Crippen molar-refractivity contribution in [3.05, 3.63) is 29.3 Å². The van der Waals surface area contributed by atoms with Crippen molar-refractivity contribution in [3.63, 3.8) is 0 Å². The number of amides is 1. The fourth-order valence-electron chi connectivity index (χ4n) is 2.97. The summed E-state index contributed by atoms with van der Waals surface area (Å²) in [4.78, 5) is 14.8. The Morgan fingerprint density at radius 3 is 2.62 bits per heavy atom. The second kappa shape index (κ2) is 7.46. The Balaban J connectivity index is 1.89. The van der Waals surface area contributed by atoms with Gasteiger partial charge in [-0.25, -0.2) is 0 Å². The summed E-state index contributed by atoms with van der Waals surface area (Å²) in [6, 6.07) is 6.12. The lowest BCUT2D eigenvalue weighted by Crippen LogP contribution is -2.44. The van der Waals surface area contributed by atoms with Crippen molar-refractivity contribution >= 4 is 11.6 Å². The molecule has 1 amide bonds. The molecular weight excluding hydrogens is 262 g/mol. The SMILES string of the molecule is CCCN1CCC(NC(=O)c2ccc(NC)c(C)c2)CC1. The molecule has 0 bridgehead atoms. The van der Waals surface area contributed by atoms with Crippen LogP contribution in [0.4, 0.5) is 5.69 Å². The van der Waals surface area contributed by atoms with Gasteiger partial charge in [0.2, 0.25) is 0 Å². The van der Waals surface area contributed by atoms with Gasteiger partial charge >= 0.3 is 0 Å². The monoisotopic (exact) mass is 289 g/mol. The number of nitrogens with one attached hydrogen (secondary N) is 2. The van der Waals surface area contributed by atoms with Gasteiger partial charge in [0.1, 0.15) is 0 Å². The molecule has 4 nitrogen and oxygen atoms in total. The second-order valence-corrected chi connectivity index (χ2v) is 5.87. The zero-order valence-corrected chi connectivity index (χ0v) is 13.4. The lowest BCUT2D eigenvalue weighted by molar-refractivity contribution is 0.0911. The molecule has 1 heterocycles. The smallest absolute Gasteiger partial charge is 0.251 e. The summed E-state index contributed by atoms with van der Waals surface area (Å²) in [5.74, 6) is 0.0506. The zero-order valence-electron chi connectivity index (χ0n) is 13.4. The Labute approximate surface area is 127 Å². The van der Waals surface area contributed by atoms with E-state index in [0.717, 1.165) is 42.7 Å². The molecule has 1 aliphatic heterocycles. The van der Waals surface area contributed by atoms with Gasteiger partial charge in [-0.05, 0) is 56.5 Å². The van der Waals surface area contributed by atoms with Crippen LogP contribution in [-0.2, 0) is 0 Å². The van der Waals surface area contributed by atoms with Crippen LogP contribution in [0.2, 0.25) is 0 Å². The third-order valence-electron chi connectivity index (χ3n) is 4.22. The first-order valence-corrected chi connectivity index (χ1v) is 7.95. The number of rotatable bonds is 5. The largest absolute Gasteiger partial charge is 0.388 e. The average Bonchev–Trinajstić information content (AvgIpc) is 2.49. The lowest BCUT2D eigenvalue weighted by atomic mass is 10.0. The molecule has 2 N–H and O–H groups in total. The number of hydrogen-bond acceptors (Lipinski definition) is 3. The summed E-state index contributed by atoms with van der Waals surface area (Å²) in [6.07, 6.45) is 3.31. The molecule has 4 heteroatoms. The predicted molar refractivity (Wildman–Crippen MR) is 87.9 cm³/mol. The number of carbonyl (C=O) groups excluding carboxylic acids is 1. The van der Waals surface area contributed by atoms with Crippen molar-refractivity contribution in [1.82, 2.24) is 10.2 Å². The van der Waals surface area contributed by atoms with E-state index >= 15 is 0 Å². The van der Waals surface area contributed by atoms with Crippen molar-refractivity contribution in [3.8, 4) is 0 Å². The van der Waals surface area contributed by atoms with E-state index in [1.54, 1.807) is 0 Å². The van der Waals surface area contributed by atoms with E-state index in [4.69, 9.17) is 0 Å². The Morgan fingerprint density at radius 2 is 2.05 bits per heavy atom. The second-order valence-electron chi connectivity index (χ2n) is 5.87. The molecular formula is C17H27N3O. The van der Waals surface area contributed by atoms with Crippen molar-refractivity contribution in [1.29, 1.82) is 0 Å². The van der Waals surface area contributed by atoms with Crippen molar-refractivity contribution in [2.24, 2.45) is 0 Å². The van der Waals surface area contributed by atoms with E-state index in [9.17, 15) is 4.79 Å². The van der Waals surface area contributed by atoms with E-state index in [0.29, 0.717) is 6.04 Å². The van der Waals surface area contributed by atoms with Gasteiger partial charge in [0, 0.05) is 37.4 Å². The molecule has 1 saturated heterocycles. The number of piperidine rings is 1. The van der Waals surface area contributed by atoms with Gasteiger partial charge in [0.15, 0.2) is 0 Å². The molecule has 0 unspecified atom stereocenters. The third-order valence-corrected chi connectivity index (χ3v) is 4.22. The molecule has 1 aromatic rings. The molecule has 0 aromatic heterocycles. The highest BCUT2D eigenvalue weighted by atomic mass is 16.1. The molecule has 0 atom stereocenters. The Bertz CT molecular complexity index is 479. The number of benzene rings is 1. The summed E-state index contributed by atoms with van der Waals surface area (Å²) in [5, 5.41) is 6.30. The highest BCUT2D eigenvalue weighted by molar-refractivity contribution is 5.95. The topological polar surface area (TPSA) is 44.4 Å². The van der Waals surface area contributed by atoms with Gasteiger partial charge in [-0.15, -0.1) is 0 Å². The molecule has 0 radical (unpaired) electrons. The van der Waals surface area contributed by atoms with Crippen LogP contribution in [0.25, 0.3) is 0 Å². The van der Waals surface area contributed by atoms with E-state index in [1.807, 2.05) is 32.2 Å². The van der Waals surface area contributed by atoms with Gasteiger partial charge in [-0.3, -0.25) is 4.79 Å². The number of nitrogens with zero attached hydrogens (tertiary/aromatic N) is 1. The van der Waals surface area contributed by atoms with Gasteiger partial charge in [-0.2, -0.15) is 0 Å². The molecule has 0 aliphatic carbocycles. The highest BCUT2D eigenvalue weighted by Gasteiger charge is 2.20. The lowest BCUT2D eigenvalue weighted by Gasteiger charge is -2.32. The van der Waals surface area contributed by atoms with E-state index in [1.165, 1.54) is 13.0 Å². The van der Waals surface area contributed by atoms with Gasteiger partial charge in [0.25, 0.3) is 5.91 Å². The number of aryl methyl sites for hydroxylation is 1. The number of anilines is 1. The van der Waals surface area contributed by atoms with Crippen LogP contribution in [0.5, 0.6) is 0 Å². The van der Waals surface area contributed by atoms with Gasteiger partial charge in [0.05, 0.1) is 0 Å². The quantitative estimate of drug-likeness (QED) is 0.876. The number of likely N-dealkylation sites (tertiary alicyclic amines) is 1. The van der Waals surface area contributed by atoms with Crippen molar-refractivity contribution in [2.45, 2.75) is 39.2 Å². The molecule has 1 aliphatic rings. The first-order chi connectivity index (χ1) is 10.1. The summed E-state index contributed by atoms with van der Waals surface area (Å²) in [7, 11) is 1.89. The molecule has 0 spiro atoms. The third kappa shape index (κ3) is 4.21. The normalized spacial score (nSPS) is 16.7. The minimum Gasteiger partial charge on any atom is -0.388 e. The van der Waals surface area contributed by atoms with Crippen LogP contribution >= 0.6 is 0 Å². The molecule has 2 rings (SSSR count). The molecule has 0 saturated carbocycles. The molecule has 1 fully saturated rings. The molecule has 1 aromatic carbocycles. The summed E-state index contributed by atoms with van der Waals surface area (Å²) in [6.45, 7) is 7.59. The average molecular weight is 289 g/mol. The van der Waals surface area contributed by atoms with Gasteiger partial charge in [-0.1, -0.05) is 6.92 Å². The van der Waals surface area contributed by atoms with Crippen LogP contribution in [0.3, 0.4) is 0 Å². The number of hydrogen-bond donors (Lipinski definition) is 2. The minimum absolute atomic E-state index is 0.0506. The van der Waals surface area contributed by atoms with Crippen LogP contribution in [0, 0.1) is 6.92 Å². The maximum Gasteiger partial charge on any atom is 0.251 e. The highest BCUT2D eigenvalue weighted by Crippen LogP contribution is 2.17. The first kappa shape index (κ1) is 15.8. The van der Waals surface area contributed by atoms with Crippen molar-refractivity contribution < 1.29 is 4.79 Å². The molecule has 21 heavy (non-hydrogen) atoms. The Hall–Kier alpha value is -1.55. The van der Waals surface area contributed by atoms with Crippen LogP contribution in [0.15, 0.2) is 18.2 Å². The zero-order chi connectivity index (χ0) is 15.2. The fourth-order valence-corrected chi connectivity index (χ4v) is 2.97. The Kier molecular flexibility index (Phi) is 5.62. The fraction of sp³-hybridized carbons (Fsp3) is 0.588. The first-order valence-electron chi connectivity index (χ1n) is 7.95. The van der Waals surface area contributed by atoms with Crippen LogP contribution in [0.1, 0.15) is 42.1 Å². The predicted octanol–water partition coefficient (Wildman–Crippen LogP) is 2.64. The van der Waals surface area contributed by atoms with Crippen molar-refractivity contribution in [2.75, 3.05) is 32.0 Å². The van der Waals surface area contributed by atoms with Crippen LogP contribution < -0.4 is 10.6 Å².